The molecular formula is C14H23BrN2O2S2. The lowest BCUT2D eigenvalue weighted by Gasteiger charge is -2.29. The fourth-order valence-corrected chi connectivity index (χ4v) is 6.15. The van der Waals surface area contributed by atoms with Crippen LogP contribution >= 0.6 is 27.3 Å². The number of hydrogen-bond acceptors (Lipinski definition) is 4. The molecule has 0 saturated heterocycles. The summed E-state index contributed by atoms with van der Waals surface area (Å²) < 4.78 is 28.9. The molecule has 2 rings (SSSR count). The lowest BCUT2D eigenvalue weighted by atomic mass is 9.92. The molecule has 1 saturated carbocycles. The second-order valence-electron chi connectivity index (χ2n) is 5.65. The first-order chi connectivity index (χ1) is 9.92. The number of aryl methyl sites for hydroxylation is 1. The molecule has 1 aliphatic carbocycles. The normalized spacial score (nSPS) is 23.4. The van der Waals surface area contributed by atoms with E-state index < -0.39 is 10.0 Å². The SMILES string of the molecule is CCCNC1CCC(NS(=O)(=O)c2cc(C)c(Br)s2)CC1. The minimum absolute atomic E-state index is 0.0656. The van der Waals surface area contributed by atoms with Crippen LogP contribution in [0.4, 0.5) is 0 Å². The van der Waals surface area contributed by atoms with Gasteiger partial charge in [-0.2, -0.15) is 0 Å². The van der Waals surface area contributed by atoms with Gasteiger partial charge in [0.2, 0.25) is 10.0 Å². The minimum atomic E-state index is -3.38. The van der Waals surface area contributed by atoms with E-state index in [1.165, 1.54) is 11.3 Å². The van der Waals surface area contributed by atoms with Gasteiger partial charge in [-0.3, -0.25) is 0 Å². The maximum absolute atomic E-state index is 12.4. The van der Waals surface area contributed by atoms with E-state index in [0.29, 0.717) is 10.3 Å². The zero-order chi connectivity index (χ0) is 15.5. The Morgan fingerprint density at radius 2 is 1.90 bits per heavy atom. The highest BCUT2D eigenvalue weighted by Gasteiger charge is 2.26. The van der Waals surface area contributed by atoms with E-state index in [0.717, 1.165) is 48.0 Å². The third kappa shape index (κ3) is 4.76. The average molecular weight is 395 g/mol. The molecule has 21 heavy (non-hydrogen) atoms. The van der Waals surface area contributed by atoms with Gasteiger partial charge in [0.25, 0.3) is 0 Å². The second kappa shape index (κ2) is 7.55. The van der Waals surface area contributed by atoms with E-state index in [2.05, 4.69) is 32.9 Å². The van der Waals surface area contributed by atoms with Crippen molar-refractivity contribution in [1.29, 1.82) is 0 Å². The molecule has 0 spiro atoms. The van der Waals surface area contributed by atoms with Crippen LogP contribution in [0.15, 0.2) is 14.1 Å². The van der Waals surface area contributed by atoms with Crippen LogP contribution in [0.25, 0.3) is 0 Å². The van der Waals surface area contributed by atoms with Gasteiger partial charge in [-0.1, -0.05) is 6.92 Å². The van der Waals surface area contributed by atoms with Crippen molar-refractivity contribution in [3.63, 3.8) is 0 Å². The van der Waals surface area contributed by atoms with Crippen molar-refractivity contribution in [3.8, 4) is 0 Å². The Kier molecular flexibility index (Phi) is 6.25. The molecule has 0 aliphatic heterocycles. The number of thiophene rings is 1. The van der Waals surface area contributed by atoms with Gasteiger partial charge in [-0.25, -0.2) is 13.1 Å². The van der Waals surface area contributed by atoms with Crippen molar-refractivity contribution in [2.24, 2.45) is 0 Å². The maximum Gasteiger partial charge on any atom is 0.250 e. The van der Waals surface area contributed by atoms with Gasteiger partial charge in [0.1, 0.15) is 4.21 Å². The van der Waals surface area contributed by atoms with Crippen molar-refractivity contribution in [3.05, 3.63) is 15.4 Å². The number of rotatable bonds is 6. The minimum Gasteiger partial charge on any atom is -0.314 e. The highest BCUT2D eigenvalue weighted by molar-refractivity contribution is 9.11. The zero-order valence-electron chi connectivity index (χ0n) is 12.5. The summed E-state index contributed by atoms with van der Waals surface area (Å²) >= 11 is 4.66. The Bertz CT molecular complexity index is 544. The summed E-state index contributed by atoms with van der Waals surface area (Å²) in [7, 11) is -3.38. The lowest BCUT2D eigenvalue weighted by molar-refractivity contribution is 0.330. The topological polar surface area (TPSA) is 58.2 Å². The Balaban J connectivity index is 1.90. The molecule has 1 heterocycles. The maximum atomic E-state index is 12.4. The summed E-state index contributed by atoms with van der Waals surface area (Å²) in [4.78, 5) is 0. The number of hydrogen-bond donors (Lipinski definition) is 2. The Morgan fingerprint density at radius 1 is 1.29 bits per heavy atom. The van der Waals surface area contributed by atoms with Crippen LogP contribution in [0.1, 0.15) is 44.6 Å². The highest BCUT2D eigenvalue weighted by Crippen LogP contribution is 2.31. The lowest BCUT2D eigenvalue weighted by Crippen LogP contribution is -2.42. The van der Waals surface area contributed by atoms with E-state index in [1.807, 2.05) is 6.92 Å². The molecule has 4 nitrogen and oxygen atoms in total. The number of halogens is 1. The van der Waals surface area contributed by atoms with E-state index in [-0.39, 0.29) is 6.04 Å². The van der Waals surface area contributed by atoms with E-state index in [4.69, 9.17) is 0 Å². The first-order valence-corrected chi connectivity index (χ1v) is 10.5. The molecule has 0 amide bonds. The van der Waals surface area contributed by atoms with E-state index >= 15 is 0 Å². The largest absolute Gasteiger partial charge is 0.314 e. The quantitative estimate of drug-likeness (QED) is 0.776. The molecule has 7 heteroatoms. The van der Waals surface area contributed by atoms with Crippen molar-refractivity contribution in [1.82, 2.24) is 10.0 Å². The standard InChI is InChI=1S/C14H23BrN2O2S2/c1-3-8-16-11-4-6-12(7-5-11)17-21(18,19)13-9-10(2)14(15)20-13/h9,11-12,16-17H,3-8H2,1-2H3. The summed E-state index contributed by atoms with van der Waals surface area (Å²) in [5.74, 6) is 0. The molecule has 0 aromatic carbocycles. The van der Waals surface area contributed by atoms with Crippen LogP contribution in [-0.2, 0) is 10.0 Å². The van der Waals surface area contributed by atoms with Gasteiger partial charge in [-0.05, 0) is 73.1 Å². The average Bonchev–Trinajstić information content (AvgIpc) is 2.78. The molecular weight excluding hydrogens is 372 g/mol. The van der Waals surface area contributed by atoms with Crippen LogP contribution in [0.2, 0.25) is 0 Å². The van der Waals surface area contributed by atoms with Gasteiger partial charge < -0.3 is 5.32 Å². The van der Waals surface area contributed by atoms with Crippen molar-refractivity contribution in [2.75, 3.05) is 6.54 Å². The molecule has 0 radical (unpaired) electrons. The van der Waals surface area contributed by atoms with Crippen LogP contribution in [-0.4, -0.2) is 27.0 Å². The molecule has 1 fully saturated rings. The highest BCUT2D eigenvalue weighted by atomic mass is 79.9. The Labute approximate surface area is 139 Å². The fraction of sp³-hybridized carbons (Fsp3) is 0.714. The van der Waals surface area contributed by atoms with Gasteiger partial charge >= 0.3 is 0 Å². The molecule has 0 atom stereocenters. The molecule has 1 aromatic heterocycles. The Hall–Kier alpha value is 0.0500. The molecule has 1 aliphatic rings. The van der Waals surface area contributed by atoms with Gasteiger partial charge in [0.15, 0.2) is 0 Å². The van der Waals surface area contributed by atoms with Gasteiger partial charge in [0, 0.05) is 12.1 Å². The van der Waals surface area contributed by atoms with Crippen LogP contribution < -0.4 is 10.0 Å². The van der Waals surface area contributed by atoms with Crippen LogP contribution in [0.5, 0.6) is 0 Å². The molecule has 0 bridgehead atoms. The fourth-order valence-electron chi connectivity index (χ4n) is 2.61. The van der Waals surface area contributed by atoms with E-state index in [1.54, 1.807) is 6.07 Å². The second-order valence-corrected chi connectivity index (χ2v) is 9.96. The Morgan fingerprint density at radius 3 is 2.43 bits per heavy atom. The summed E-state index contributed by atoms with van der Waals surface area (Å²) in [6.07, 6.45) is 5.04. The first kappa shape index (κ1) is 17.4. The third-order valence-electron chi connectivity index (χ3n) is 3.83. The predicted molar refractivity (Wildman–Crippen MR) is 91.4 cm³/mol. The predicted octanol–water partition coefficient (Wildman–Crippen LogP) is 3.41. The van der Waals surface area contributed by atoms with Crippen molar-refractivity contribution < 1.29 is 8.42 Å². The van der Waals surface area contributed by atoms with Crippen LogP contribution in [0.3, 0.4) is 0 Å². The van der Waals surface area contributed by atoms with Crippen LogP contribution in [0, 0.1) is 6.92 Å². The third-order valence-corrected chi connectivity index (χ3v) is 7.96. The molecule has 1 aromatic rings. The number of sulfonamides is 1. The first-order valence-electron chi connectivity index (χ1n) is 7.44. The van der Waals surface area contributed by atoms with Gasteiger partial charge in [-0.15, -0.1) is 11.3 Å². The van der Waals surface area contributed by atoms with Crippen molar-refractivity contribution >= 4 is 37.3 Å². The van der Waals surface area contributed by atoms with E-state index in [9.17, 15) is 8.42 Å². The van der Waals surface area contributed by atoms with Gasteiger partial charge in [0.05, 0.1) is 3.79 Å². The summed E-state index contributed by atoms with van der Waals surface area (Å²) in [6.45, 7) is 5.11. The summed E-state index contributed by atoms with van der Waals surface area (Å²) in [5.41, 5.74) is 0.966. The monoisotopic (exact) mass is 394 g/mol. The number of nitrogens with one attached hydrogen (secondary N) is 2. The smallest absolute Gasteiger partial charge is 0.250 e. The van der Waals surface area contributed by atoms with Crippen molar-refractivity contribution in [2.45, 2.75) is 62.2 Å². The molecule has 120 valence electrons. The molecule has 0 unspecified atom stereocenters. The zero-order valence-corrected chi connectivity index (χ0v) is 15.7. The molecule has 2 N–H and O–H groups in total. The summed E-state index contributed by atoms with van der Waals surface area (Å²) in [5, 5.41) is 3.52. The summed E-state index contributed by atoms with van der Waals surface area (Å²) in [6, 6.07) is 2.34.